The summed E-state index contributed by atoms with van der Waals surface area (Å²) < 4.78 is 15.9. The molecule has 0 bridgehead atoms. The molecule has 0 amide bonds. The predicted octanol–water partition coefficient (Wildman–Crippen LogP) is 1.26. The van der Waals surface area contributed by atoms with Crippen LogP contribution in [-0.2, 0) is 19.0 Å². The van der Waals surface area contributed by atoms with E-state index in [1.54, 1.807) is 0 Å². The molecular weight excluding hydrogens is 246 g/mol. The molecule has 1 saturated heterocycles. The zero-order chi connectivity index (χ0) is 13.7. The van der Waals surface area contributed by atoms with Crippen molar-refractivity contribution in [1.29, 1.82) is 0 Å². The lowest BCUT2D eigenvalue weighted by molar-refractivity contribution is -0.151. The summed E-state index contributed by atoms with van der Waals surface area (Å²) in [6.07, 6.45) is 4.17. The standard InChI is InChI=1S/C14H25NO4/c1-3-18-13(16)14(2,15-11-5-6-11)7-4-8-19-12-9-17-10-12/h11-12,15H,3-10H2,1-2H3. The molecule has 0 radical (unpaired) electrons. The van der Waals surface area contributed by atoms with Crippen LogP contribution < -0.4 is 5.32 Å². The first-order valence-corrected chi connectivity index (χ1v) is 7.28. The summed E-state index contributed by atoms with van der Waals surface area (Å²) in [5, 5.41) is 3.41. The first-order chi connectivity index (χ1) is 9.14. The molecule has 1 heterocycles. The number of esters is 1. The maximum atomic E-state index is 12.1. The Balaban J connectivity index is 1.73. The fourth-order valence-electron chi connectivity index (χ4n) is 2.19. The second kappa shape index (κ2) is 6.68. The number of carbonyl (C=O) groups excluding carboxylic acids is 1. The number of hydrogen-bond acceptors (Lipinski definition) is 5. The summed E-state index contributed by atoms with van der Waals surface area (Å²) in [4.78, 5) is 12.1. The van der Waals surface area contributed by atoms with Crippen LogP contribution >= 0.6 is 0 Å². The number of carbonyl (C=O) groups is 1. The zero-order valence-corrected chi connectivity index (χ0v) is 11.9. The van der Waals surface area contributed by atoms with Crippen molar-refractivity contribution in [3.05, 3.63) is 0 Å². The second-order valence-electron chi connectivity index (χ2n) is 5.60. The van der Waals surface area contributed by atoms with Crippen LogP contribution in [0.2, 0.25) is 0 Å². The van der Waals surface area contributed by atoms with E-state index in [0.717, 1.165) is 25.7 Å². The van der Waals surface area contributed by atoms with Crippen molar-refractivity contribution in [3.8, 4) is 0 Å². The van der Waals surface area contributed by atoms with Crippen molar-refractivity contribution >= 4 is 5.97 Å². The minimum atomic E-state index is -0.573. The van der Waals surface area contributed by atoms with E-state index in [-0.39, 0.29) is 12.1 Å². The summed E-state index contributed by atoms with van der Waals surface area (Å²) in [5.41, 5.74) is -0.573. The topological polar surface area (TPSA) is 56.8 Å². The molecule has 1 aliphatic carbocycles. The van der Waals surface area contributed by atoms with Gasteiger partial charge in [-0.1, -0.05) is 0 Å². The third kappa shape index (κ3) is 4.44. The minimum Gasteiger partial charge on any atom is -0.465 e. The average molecular weight is 271 g/mol. The molecule has 1 aliphatic heterocycles. The van der Waals surface area contributed by atoms with Gasteiger partial charge in [0, 0.05) is 12.6 Å². The monoisotopic (exact) mass is 271 g/mol. The summed E-state index contributed by atoms with van der Waals surface area (Å²) in [7, 11) is 0. The lowest BCUT2D eigenvalue weighted by atomic mass is 9.95. The highest BCUT2D eigenvalue weighted by molar-refractivity contribution is 5.80. The van der Waals surface area contributed by atoms with Gasteiger partial charge in [0.25, 0.3) is 0 Å². The minimum absolute atomic E-state index is 0.145. The molecule has 19 heavy (non-hydrogen) atoms. The van der Waals surface area contributed by atoms with Gasteiger partial charge >= 0.3 is 5.97 Å². The Labute approximate surface area is 115 Å². The number of hydrogen-bond donors (Lipinski definition) is 1. The second-order valence-corrected chi connectivity index (χ2v) is 5.60. The highest BCUT2D eigenvalue weighted by Crippen LogP contribution is 2.26. The van der Waals surface area contributed by atoms with Gasteiger partial charge in [-0.05, 0) is 39.5 Å². The number of ether oxygens (including phenoxy) is 3. The summed E-state index contributed by atoms with van der Waals surface area (Å²) in [6.45, 7) is 6.29. The molecule has 2 fully saturated rings. The van der Waals surface area contributed by atoms with Gasteiger partial charge in [-0.2, -0.15) is 0 Å². The van der Waals surface area contributed by atoms with Gasteiger partial charge in [0.15, 0.2) is 0 Å². The molecule has 0 aromatic heterocycles. The quantitative estimate of drug-likeness (QED) is 0.505. The Kier molecular flexibility index (Phi) is 5.19. The van der Waals surface area contributed by atoms with Crippen LogP contribution in [0.3, 0.4) is 0 Å². The van der Waals surface area contributed by atoms with Crippen LogP contribution in [0.1, 0.15) is 39.5 Å². The van der Waals surface area contributed by atoms with Gasteiger partial charge in [0.05, 0.1) is 19.8 Å². The van der Waals surface area contributed by atoms with Crippen molar-refractivity contribution in [2.75, 3.05) is 26.4 Å². The molecule has 5 nitrogen and oxygen atoms in total. The SMILES string of the molecule is CCOC(=O)C(C)(CCCOC1COC1)NC1CC1. The molecule has 2 aliphatic rings. The lowest BCUT2D eigenvalue weighted by Gasteiger charge is -2.30. The largest absolute Gasteiger partial charge is 0.465 e. The van der Waals surface area contributed by atoms with E-state index in [9.17, 15) is 4.79 Å². The maximum absolute atomic E-state index is 12.1. The van der Waals surface area contributed by atoms with Gasteiger partial charge in [0.1, 0.15) is 11.6 Å². The van der Waals surface area contributed by atoms with Crippen molar-refractivity contribution in [1.82, 2.24) is 5.32 Å². The molecule has 1 atom stereocenters. The molecular formula is C14H25NO4. The van der Waals surface area contributed by atoms with E-state index in [1.165, 1.54) is 0 Å². The van der Waals surface area contributed by atoms with Gasteiger partial charge in [0.2, 0.25) is 0 Å². The predicted molar refractivity (Wildman–Crippen MR) is 71.0 cm³/mol. The van der Waals surface area contributed by atoms with Gasteiger partial charge in [-0.25, -0.2) is 0 Å². The Hall–Kier alpha value is -0.650. The molecule has 110 valence electrons. The van der Waals surface area contributed by atoms with Crippen LogP contribution in [0.25, 0.3) is 0 Å². The first kappa shape index (κ1) is 14.8. The van der Waals surface area contributed by atoms with Gasteiger partial charge in [-0.15, -0.1) is 0 Å². The van der Waals surface area contributed by atoms with E-state index in [2.05, 4.69) is 5.32 Å². The molecule has 0 aromatic carbocycles. The van der Waals surface area contributed by atoms with Crippen molar-refractivity contribution < 1.29 is 19.0 Å². The van der Waals surface area contributed by atoms with Crippen molar-refractivity contribution in [2.24, 2.45) is 0 Å². The highest BCUT2D eigenvalue weighted by atomic mass is 16.6. The molecule has 1 unspecified atom stereocenters. The summed E-state index contributed by atoms with van der Waals surface area (Å²) in [6, 6.07) is 0.482. The van der Waals surface area contributed by atoms with Crippen molar-refractivity contribution in [2.45, 2.75) is 57.2 Å². The van der Waals surface area contributed by atoms with Crippen LogP contribution in [0.4, 0.5) is 0 Å². The van der Waals surface area contributed by atoms with E-state index >= 15 is 0 Å². The summed E-state index contributed by atoms with van der Waals surface area (Å²) in [5.74, 6) is -0.145. The third-order valence-electron chi connectivity index (χ3n) is 3.61. The van der Waals surface area contributed by atoms with E-state index < -0.39 is 5.54 Å². The summed E-state index contributed by atoms with van der Waals surface area (Å²) >= 11 is 0. The Bertz CT molecular complexity index is 302. The molecule has 2 rings (SSSR count). The van der Waals surface area contributed by atoms with E-state index in [4.69, 9.17) is 14.2 Å². The Morgan fingerprint density at radius 1 is 1.42 bits per heavy atom. The Morgan fingerprint density at radius 3 is 2.68 bits per heavy atom. The molecule has 1 saturated carbocycles. The van der Waals surface area contributed by atoms with Crippen LogP contribution in [-0.4, -0.2) is 50.1 Å². The van der Waals surface area contributed by atoms with Crippen LogP contribution in [0, 0.1) is 0 Å². The first-order valence-electron chi connectivity index (χ1n) is 7.28. The average Bonchev–Trinajstić information content (AvgIpc) is 3.10. The lowest BCUT2D eigenvalue weighted by Crippen LogP contribution is -2.51. The number of rotatable bonds is 9. The Morgan fingerprint density at radius 2 is 2.16 bits per heavy atom. The fourth-order valence-corrected chi connectivity index (χ4v) is 2.19. The highest BCUT2D eigenvalue weighted by Gasteiger charge is 2.39. The van der Waals surface area contributed by atoms with E-state index in [1.807, 2.05) is 13.8 Å². The smallest absolute Gasteiger partial charge is 0.326 e. The van der Waals surface area contributed by atoms with Crippen LogP contribution in [0.5, 0.6) is 0 Å². The van der Waals surface area contributed by atoms with Gasteiger partial charge in [-0.3, -0.25) is 10.1 Å². The fraction of sp³-hybridized carbons (Fsp3) is 0.929. The molecule has 0 spiro atoms. The van der Waals surface area contributed by atoms with Gasteiger partial charge < -0.3 is 14.2 Å². The molecule has 0 aromatic rings. The molecule has 5 heteroatoms. The number of nitrogens with one attached hydrogen (secondary N) is 1. The third-order valence-corrected chi connectivity index (χ3v) is 3.61. The van der Waals surface area contributed by atoms with Crippen molar-refractivity contribution in [3.63, 3.8) is 0 Å². The zero-order valence-electron chi connectivity index (χ0n) is 11.9. The molecule has 1 N–H and O–H groups in total. The van der Waals surface area contributed by atoms with E-state index in [0.29, 0.717) is 32.5 Å². The maximum Gasteiger partial charge on any atom is 0.326 e. The van der Waals surface area contributed by atoms with Crippen LogP contribution in [0.15, 0.2) is 0 Å². The normalized spacial score (nSPS) is 22.6.